The second kappa shape index (κ2) is 6.15. The number of hydrogen-bond acceptors (Lipinski definition) is 4. The Hall–Kier alpha value is -3.40. The maximum absolute atomic E-state index is 11.2. The van der Waals surface area contributed by atoms with Crippen LogP contribution in [0.1, 0.15) is 17.0 Å². The van der Waals surface area contributed by atoms with Gasteiger partial charge in [-0.2, -0.15) is 5.26 Å². The molecule has 1 amide bonds. The van der Waals surface area contributed by atoms with Crippen molar-refractivity contribution < 1.29 is 9.72 Å². The molecule has 1 aromatic carbocycles. The van der Waals surface area contributed by atoms with Crippen LogP contribution < -0.4 is 5.73 Å². The van der Waals surface area contributed by atoms with Crippen LogP contribution in [0.3, 0.4) is 0 Å². The molecule has 0 saturated heterocycles. The first-order valence-corrected chi connectivity index (χ1v) is 6.70. The van der Waals surface area contributed by atoms with Crippen LogP contribution in [0.25, 0.3) is 11.8 Å². The Kier molecular flexibility index (Phi) is 4.27. The van der Waals surface area contributed by atoms with Gasteiger partial charge in [-0.05, 0) is 37.6 Å². The summed E-state index contributed by atoms with van der Waals surface area (Å²) in [5, 5.41) is 19.9. The molecule has 0 unspecified atom stereocenters. The Morgan fingerprint density at radius 1 is 1.39 bits per heavy atom. The van der Waals surface area contributed by atoms with Crippen molar-refractivity contribution in [3.63, 3.8) is 0 Å². The number of nitro groups is 1. The van der Waals surface area contributed by atoms with Gasteiger partial charge in [-0.3, -0.25) is 14.9 Å². The van der Waals surface area contributed by atoms with Crippen molar-refractivity contribution >= 4 is 17.7 Å². The number of nitrogens with two attached hydrogens (primary N) is 1. The minimum atomic E-state index is -0.798. The van der Waals surface area contributed by atoms with Crippen LogP contribution in [0.5, 0.6) is 0 Å². The lowest BCUT2D eigenvalue weighted by atomic mass is 10.1. The van der Waals surface area contributed by atoms with Gasteiger partial charge in [0, 0.05) is 23.5 Å². The molecule has 0 aliphatic rings. The number of nitriles is 1. The minimum absolute atomic E-state index is 0.0121. The third-order valence-electron chi connectivity index (χ3n) is 3.45. The fraction of sp³-hybridized carbons (Fsp3) is 0.125. The number of aryl methyl sites for hydroxylation is 1. The number of carbonyl (C=O) groups excluding carboxylic acids is 1. The highest BCUT2D eigenvalue weighted by molar-refractivity contribution is 6.00. The molecule has 2 N–H and O–H groups in total. The second-order valence-electron chi connectivity index (χ2n) is 4.97. The number of benzene rings is 1. The number of hydrogen-bond donors (Lipinski definition) is 1. The molecule has 0 bridgehead atoms. The Morgan fingerprint density at radius 3 is 2.65 bits per heavy atom. The molecule has 1 aromatic heterocycles. The fourth-order valence-electron chi connectivity index (χ4n) is 2.39. The molecule has 7 heteroatoms. The lowest BCUT2D eigenvalue weighted by Crippen LogP contribution is -2.12. The zero-order valence-electron chi connectivity index (χ0n) is 12.6. The maximum atomic E-state index is 11.2. The van der Waals surface area contributed by atoms with E-state index in [-0.39, 0.29) is 11.3 Å². The highest BCUT2D eigenvalue weighted by Gasteiger charge is 2.14. The lowest BCUT2D eigenvalue weighted by molar-refractivity contribution is -0.384. The van der Waals surface area contributed by atoms with Gasteiger partial charge in [0.05, 0.1) is 10.6 Å². The topological polar surface area (TPSA) is 115 Å². The number of amides is 1. The SMILES string of the molecule is Cc1cc(/C=C(\C#N)C(N)=O)c(C)n1-c1cccc([N+](=O)[O-])c1. The van der Waals surface area contributed by atoms with Crippen LogP contribution in [-0.2, 0) is 4.79 Å². The van der Waals surface area contributed by atoms with Gasteiger partial charge in [-0.15, -0.1) is 0 Å². The second-order valence-corrected chi connectivity index (χ2v) is 4.97. The molecule has 0 fully saturated rings. The zero-order valence-corrected chi connectivity index (χ0v) is 12.6. The minimum Gasteiger partial charge on any atom is -0.365 e. The molecule has 0 aliphatic carbocycles. The molecule has 7 nitrogen and oxygen atoms in total. The van der Waals surface area contributed by atoms with Crippen molar-refractivity contribution in [1.82, 2.24) is 4.57 Å². The number of nitro benzene ring substituents is 1. The van der Waals surface area contributed by atoms with Gasteiger partial charge in [0.15, 0.2) is 0 Å². The number of primary amides is 1. The van der Waals surface area contributed by atoms with Crippen LogP contribution in [0, 0.1) is 35.3 Å². The van der Waals surface area contributed by atoms with Crippen molar-refractivity contribution in [1.29, 1.82) is 5.26 Å². The lowest BCUT2D eigenvalue weighted by Gasteiger charge is -2.09. The van der Waals surface area contributed by atoms with E-state index in [9.17, 15) is 14.9 Å². The molecular weight excluding hydrogens is 296 g/mol. The number of non-ortho nitro benzene ring substituents is 1. The molecule has 23 heavy (non-hydrogen) atoms. The Bertz CT molecular complexity index is 872. The smallest absolute Gasteiger partial charge is 0.271 e. The number of aromatic nitrogens is 1. The van der Waals surface area contributed by atoms with Crippen molar-refractivity contribution in [3.8, 4) is 11.8 Å². The molecule has 0 spiro atoms. The van der Waals surface area contributed by atoms with Gasteiger partial charge >= 0.3 is 0 Å². The molecule has 2 aromatic rings. The third kappa shape index (κ3) is 3.11. The Balaban J connectivity index is 2.59. The summed E-state index contributed by atoms with van der Waals surface area (Å²) < 4.78 is 1.81. The van der Waals surface area contributed by atoms with Gasteiger partial charge in [0.25, 0.3) is 11.6 Å². The standard InChI is InChI=1S/C16H14N4O3/c1-10-6-12(7-13(9-17)16(18)21)11(2)19(10)14-4-3-5-15(8-14)20(22)23/h3-8H,1-2H3,(H2,18,21)/b13-7+. The van der Waals surface area contributed by atoms with E-state index in [1.54, 1.807) is 31.2 Å². The van der Waals surface area contributed by atoms with E-state index in [0.717, 1.165) is 11.4 Å². The fourth-order valence-corrected chi connectivity index (χ4v) is 2.39. The van der Waals surface area contributed by atoms with Gasteiger partial charge < -0.3 is 10.3 Å². The third-order valence-corrected chi connectivity index (χ3v) is 3.45. The van der Waals surface area contributed by atoms with Gasteiger partial charge in [0.2, 0.25) is 0 Å². The summed E-state index contributed by atoms with van der Waals surface area (Å²) in [6.07, 6.45) is 1.42. The van der Waals surface area contributed by atoms with Crippen LogP contribution >= 0.6 is 0 Å². The van der Waals surface area contributed by atoms with Crippen molar-refractivity contribution in [2.75, 3.05) is 0 Å². The van der Waals surface area contributed by atoms with E-state index in [4.69, 9.17) is 11.0 Å². The van der Waals surface area contributed by atoms with E-state index in [2.05, 4.69) is 0 Å². The first-order valence-electron chi connectivity index (χ1n) is 6.70. The summed E-state index contributed by atoms with van der Waals surface area (Å²) in [5.41, 5.74) is 7.83. The molecule has 116 valence electrons. The van der Waals surface area contributed by atoms with Gasteiger partial charge in [-0.25, -0.2) is 0 Å². The first kappa shape index (κ1) is 16.0. The largest absolute Gasteiger partial charge is 0.365 e. The summed E-state index contributed by atoms with van der Waals surface area (Å²) in [6.45, 7) is 3.63. The predicted molar refractivity (Wildman–Crippen MR) is 84.7 cm³/mol. The normalized spacial score (nSPS) is 11.1. The number of carbonyl (C=O) groups is 1. The van der Waals surface area contributed by atoms with Crippen molar-refractivity contribution in [2.45, 2.75) is 13.8 Å². The van der Waals surface area contributed by atoms with E-state index in [1.807, 2.05) is 11.5 Å². The summed E-state index contributed by atoms with van der Waals surface area (Å²) in [6, 6.07) is 9.78. The average molecular weight is 310 g/mol. The Labute approximate surface area is 132 Å². The first-order chi connectivity index (χ1) is 10.8. The molecular formula is C16H14N4O3. The van der Waals surface area contributed by atoms with Crippen LogP contribution in [-0.4, -0.2) is 15.4 Å². The van der Waals surface area contributed by atoms with Gasteiger partial charge in [-0.1, -0.05) is 6.07 Å². The predicted octanol–water partition coefficient (Wildman–Crippen LogP) is 2.39. The molecule has 0 radical (unpaired) electrons. The highest BCUT2D eigenvalue weighted by Crippen LogP contribution is 2.25. The van der Waals surface area contributed by atoms with E-state index in [1.165, 1.54) is 18.2 Å². The van der Waals surface area contributed by atoms with Crippen LogP contribution in [0.15, 0.2) is 35.9 Å². The van der Waals surface area contributed by atoms with Gasteiger partial charge in [0.1, 0.15) is 11.6 Å². The van der Waals surface area contributed by atoms with Crippen LogP contribution in [0.4, 0.5) is 5.69 Å². The summed E-state index contributed by atoms with van der Waals surface area (Å²) in [4.78, 5) is 21.6. The van der Waals surface area contributed by atoms with Crippen LogP contribution in [0.2, 0.25) is 0 Å². The monoisotopic (exact) mass is 310 g/mol. The summed E-state index contributed by atoms with van der Waals surface area (Å²) >= 11 is 0. The average Bonchev–Trinajstić information content (AvgIpc) is 2.78. The quantitative estimate of drug-likeness (QED) is 0.404. The highest BCUT2D eigenvalue weighted by atomic mass is 16.6. The summed E-state index contributed by atoms with van der Waals surface area (Å²) in [7, 11) is 0. The van der Waals surface area contributed by atoms with E-state index >= 15 is 0 Å². The molecule has 2 rings (SSSR count). The zero-order chi connectivity index (χ0) is 17.1. The van der Waals surface area contributed by atoms with Crippen molar-refractivity contribution in [3.05, 3.63) is 63.0 Å². The van der Waals surface area contributed by atoms with Crippen molar-refractivity contribution in [2.24, 2.45) is 5.73 Å². The molecule has 0 saturated carbocycles. The molecule has 0 aliphatic heterocycles. The molecule has 1 heterocycles. The number of nitrogens with zero attached hydrogens (tertiary/aromatic N) is 3. The molecule has 0 atom stereocenters. The summed E-state index contributed by atoms with van der Waals surface area (Å²) in [5.74, 6) is -0.798. The number of rotatable bonds is 4. The van der Waals surface area contributed by atoms with E-state index in [0.29, 0.717) is 11.3 Å². The van der Waals surface area contributed by atoms with E-state index < -0.39 is 10.8 Å². The Morgan fingerprint density at radius 2 is 2.09 bits per heavy atom. The maximum Gasteiger partial charge on any atom is 0.271 e.